The maximum atomic E-state index is 13.3. The number of rotatable bonds is 7. The van der Waals surface area contributed by atoms with E-state index in [0.29, 0.717) is 11.1 Å². The number of phenolic OH excluding ortho intramolecular Hbond substituents is 2. The highest BCUT2D eigenvalue weighted by Gasteiger charge is 2.48. The molecule has 0 aliphatic carbocycles. The van der Waals surface area contributed by atoms with Crippen molar-refractivity contribution >= 4 is 17.8 Å². The lowest BCUT2D eigenvalue weighted by Crippen LogP contribution is -2.64. The summed E-state index contributed by atoms with van der Waals surface area (Å²) in [5.74, 6) is -2.24. The Balaban J connectivity index is 2.58. The average molecular weight is 428 g/mol. The van der Waals surface area contributed by atoms with Crippen LogP contribution in [0.1, 0.15) is 11.1 Å². The number of imide groups is 1. The Kier molecular flexibility index (Phi) is 7.24. The second-order valence-corrected chi connectivity index (χ2v) is 7.74. The predicted octanol–water partition coefficient (Wildman–Crippen LogP) is 0.822. The number of urea groups is 1. The minimum atomic E-state index is -1.72. The molecule has 0 aromatic heterocycles. The molecule has 2 rings (SSSR count). The van der Waals surface area contributed by atoms with Crippen LogP contribution in [0.4, 0.5) is 4.79 Å². The van der Waals surface area contributed by atoms with E-state index in [1.165, 1.54) is 50.3 Å². The first kappa shape index (κ1) is 23.7. The summed E-state index contributed by atoms with van der Waals surface area (Å²) in [6.45, 7) is 0. The number of hydrogen-bond acceptors (Lipinski definition) is 6. The van der Waals surface area contributed by atoms with Gasteiger partial charge < -0.3 is 26.6 Å². The number of phenols is 2. The van der Waals surface area contributed by atoms with Gasteiger partial charge in [0.1, 0.15) is 17.0 Å². The maximum Gasteiger partial charge on any atom is 0.321 e. The lowest BCUT2D eigenvalue weighted by atomic mass is 9.74. The highest BCUT2D eigenvalue weighted by molar-refractivity contribution is 5.99. The minimum absolute atomic E-state index is 0.0224. The number of primary amides is 1. The summed E-state index contributed by atoms with van der Waals surface area (Å²) in [5, 5.41) is 19.1. The zero-order valence-electron chi connectivity index (χ0n) is 17.8. The Morgan fingerprint density at radius 3 is 1.77 bits per heavy atom. The van der Waals surface area contributed by atoms with E-state index in [9.17, 15) is 24.6 Å². The minimum Gasteiger partial charge on any atom is -0.508 e. The summed E-state index contributed by atoms with van der Waals surface area (Å²) in [4.78, 5) is 40.2. The van der Waals surface area contributed by atoms with Gasteiger partial charge in [0.2, 0.25) is 11.8 Å². The van der Waals surface area contributed by atoms with Crippen molar-refractivity contribution < 1.29 is 24.6 Å². The molecule has 0 saturated heterocycles. The van der Waals surface area contributed by atoms with Crippen molar-refractivity contribution in [3.05, 3.63) is 59.7 Å². The zero-order valence-corrected chi connectivity index (χ0v) is 17.8. The second-order valence-electron chi connectivity index (χ2n) is 7.74. The monoisotopic (exact) mass is 428 g/mol. The molecule has 2 atom stereocenters. The van der Waals surface area contributed by atoms with E-state index < -0.39 is 29.3 Å². The summed E-state index contributed by atoms with van der Waals surface area (Å²) < 4.78 is 0. The van der Waals surface area contributed by atoms with Crippen LogP contribution in [0.5, 0.6) is 11.5 Å². The van der Waals surface area contributed by atoms with Crippen molar-refractivity contribution in [2.45, 2.75) is 18.4 Å². The third-order valence-corrected chi connectivity index (χ3v) is 5.19. The Morgan fingerprint density at radius 1 is 0.903 bits per heavy atom. The topological polar surface area (TPSA) is 150 Å². The molecular formula is C22H28N4O5. The fourth-order valence-electron chi connectivity index (χ4n) is 3.42. The van der Waals surface area contributed by atoms with Gasteiger partial charge in [-0.15, -0.1) is 0 Å². The molecule has 0 heterocycles. The molecule has 4 amide bonds. The van der Waals surface area contributed by atoms with E-state index in [1.54, 1.807) is 24.3 Å². The molecule has 31 heavy (non-hydrogen) atoms. The SMILES string of the molecule is CN(C)C(=O)[C@](N)(Cc1ccc(O)cc1)[C@H](Cc1ccc(O)cc1)C(=O)N(C)C(N)=O. The van der Waals surface area contributed by atoms with E-state index in [0.717, 1.165) is 4.90 Å². The molecule has 0 fully saturated rings. The van der Waals surface area contributed by atoms with Gasteiger partial charge in [-0.1, -0.05) is 24.3 Å². The number of likely N-dealkylation sites (N-methyl/N-ethyl adjacent to an activating group) is 1. The predicted molar refractivity (Wildman–Crippen MR) is 115 cm³/mol. The van der Waals surface area contributed by atoms with Gasteiger partial charge in [0.05, 0.1) is 5.92 Å². The summed E-state index contributed by atoms with van der Waals surface area (Å²) >= 11 is 0. The molecule has 0 bridgehead atoms. The molecule has 0 aliphatic rings. The molecule has 9 heteroatoms. The summed E-state index contributed by atoms with van der Waals surface area (Å²) in [5.41, 5.74) is 11.5. The molecule has 6 N–H and O–H groups in total. The maximum absolute atomic E-state index is 13.3. The van der Waals surface area contributed by atoms with Crippen LogP contribution < -0.4 is 11.5 Å². The first-order valence-corrected chi connectivity index (χ1v) is 9.59. The summed E-state index contributed by atoms with van der Waals surface area (Å²) in [6.07, 6.45) is 0.0102. The highest BCUT2D eigenvalue weighted by atomic mass is 16.3. The van der Waals surface area contributed by atoms with E-state index in [2.05, 4.69) is 0 Å². The van der Waals surface area contributed by atoms with Gasteiger partial charge in [-0.05, 0) is 41.8 Å². The zero-order chi connectivity index (χ0) is 23.3. The van der Waals surface area contributed by atoms with E-state index in [1.807, 2.05) is 0 Å². The molecule has 166 valence electrons. The Labute approximate surface area is 180 Å². The van der Waals surface area contributed by atoms with Gasteiger partial charge in [-0.3, -0.25) is 14.5 Å². The molecule has 2 aromatic carbocycles. The molecular weight excluding hydrogens is 400 g/mol. The van der Waals surface area contributed by atoms with Gasteiger partial charge in [0, 0.05) is 27.6 Å². The number of nitrogens with zero attached hydrogens (tertiary/aromatic N) is 2. The number of benzene rings is 2. The van der Waals surface area contributed by atoms with Gasteiger partial charge >= 0.3 is 6.03 Å². The standard InChI is InChI=1S/C22H28N4O5/c1-25(2)20(30)22(24,13-15-6-10-17(28)11-7-15)18(19(29)26(3)21(23)31)12-14-4-8-16(27)9-5-14/h4-11,18,27-28H,12-13,24H2,1-3H3,(H2,23,31)/t18-,22+/m1/s1. The van der Waals surface area contributed by atoms with Crippen molar-refractivity contribution in [1.29, 1.82) is 0 Å². The fourth-order valence-corrected chi connectivity index (χ4v) is 3.42. The van der Waals surface area contributed by atoms with Crippen LogP contribution in [0.15, 0.2) is 48.5 Å². The molecule has 9 nitrogen and oxygen atoms in total. The highest BCUT2D eigenvalue weighted by Crippen LogP contribution is 2.29. The van der Waals surface area contributed by atoms with E-state index in [-0.39, 0.29) is 24.3 Å². The van der Waals surface area contributed by atoms with Crippen molar-refractivity contribution in [3.63, 3.8) is 0 Å². The van der Waals surface area contributed by atoms with Gasteiger partial charge in [0.25, 0.3) is 0 Å². The van der Waals surface area contributed by atoms with Gasteiger partial charge in [-0.25, -0.2) is 4.79 Å². The van der Waals surface area contributed by atoms with Crippen LogP contribution in [-0.2, 0) is 22.4 Å². The molecule has 0 saturated carbocycles. The normalized spacial score (nSPS) is 13.7. The van der Waals surface area contributed by atoms with Crippen molar-refractivity contribution in [3.8, 4) is 11.5 Å². The number of carbonyl (C=O) groups is 3. The average Bonchev–Trinajstić information content (AvgIpc) is 2.73. The van der Waals surface area contributed by atoms with Crippen LogP contribution in [0, 0.1) is 5.92 Å². The van der Waals surface area contributed by atoms with Crippen molar-refractivity contribution in [1.82, 2.24) is 9.80 Å². The Bertz CT molecular complexity index is 943. The number of hydrogen-bond donors (Lipinski definition) is 4. The summed E-state index contributed by atoms with van der Waals surface area (Å²) in [7, 11) is 4.29. The number of carbonyl (C=O) groups excluding carboxylic acids is 3. The van der Waals surface area contributed by atoms with Crippen molar-refractivity contribution in [2.24, 2.45) is 17.4 Å². The van der Waals surface area contributed by atoms with Gasteiger partial charge in [-0.2, -0.15) is 0 Å². The Hall–Kier alpha value is -3.59. The van der Waals surface area contributed by atoms with Crippen LogP contribution in [0.25, 0.3) is 0 Å². The van der Waals surface area contributed by atoms with Crippen LogP contribution >= 0.6 is 0 Å². The first-order valence-electron chi connectivity index (χ1n) is 9.59. The number of nitrogens with two attached hydrogens (primary N) is 2. The quantitative estimate of drug-likeness (QED) is 0.513. The third-order valence-electron chi connectivity index (χ3n) is 5.19. The van der Waals surface area contributed by atoms with Gasteiger partial charge in [0.15, 0.2) is 0 Å². The lowest BCUT2D eigenvalue weighted by Gasteiger charge is -2.38. The lowest BCUT2D eigenvalue weighted by molar-refractivity contribution is -0.144. The summed E-state index contributed by atoms with van der Waals surface area (Å²) in [6, 6.07) is 11.3. The van der Waals surface area contributed by atoms with Crippen LogP contribution in [-0.4, -0.2) is 64.5 Å². The molecule has 2 aromatic rings. The molecule has 0 radical (unpaired) electrons. The fraction of sp³-hybridized carbons (Fsp3) is 0.318. The van der Waals surface area contributed by atoms with Crippen molar-refractivity contribution in [2.75, 3.05) is 21.1 Å². The third kappa shape index (κ3) is 5.52. The number of amides is 4. The van der Waals surface area contributed by atoms with Crippen LogP contribution in [0.2, 0.25) is 0 Å². The van der Waals surface area contributed by atoms with E-state index >= 15 is 0 Å². The molecule has 0 aliphatic heterocycles. The van der Waals surface area contributed by atoms with E-state index in [4.69, 9.17) is 11.5 Å². The molecule has 0 unspecified atom stereocenters. The number of aromatic hydroxyl groups is 2. The largest absolute Gasteiger partial charge is 0.508 e. The second kappa shape index (κ2) is 9.48. The smallest absolute Gasteiger partial charge is 0.321 e. The Morgan fingerprint density at radius 2 is 1.35 bits per heavy atom. The first-order chi connectivity index (χ1) is 14.5. The van der Waals surface area contributed by atoms with Crippen LogP contribution in [0.3, 0.4) is 0 Å². The molecule has 0 spiro atoms.